The number of nitrogens with zero attached hydrogens (tertiary/aromatic N) is 1. The van der Waals surface area contributed by atoms with Crippen molar-refractivity contribution in [1.82, 2.24) is 0 Å². The molecule has 0 bridgehead atoms. The summed E-state index contributed by atoms with van der Waals surface area (Å²) >= 11 is 0. The quantitative estimate of drug-likeness (QED) is 0.528. The second-order valence-electron chi connectivity index (χ2n) is 3.63. The Labute approximate surface area is 97.0 Å². The molecule has 1 aliphatic heterocycles. The molecule has 1 aliphatic rings. The highest BCUT2D eigenvalue weighted by Gasteiger charge is 2.10. The highest BCUT2D eigenvalue weighted by molar-refractivity contribution is 5.77. The average molecular weight is 226 g/mol. The zero-order valence-corrected chi connectivity index (χ0v) is 9.70. The molecular formula is C12H16ClNO. The van der Waals surface area contributed by atoms with E-state index in [0.717, 1.165) is 26.3 Å². The van der Waals surface area contributed by atoms with Crippen LogP contribution in [-0.2, 0) is 4.74 Å². The number of hydrogen-bond acceptors (Lipinski definition) is 1. The Morgan fingerprint density at radius 1 is 1.20 bits per heavy atom. The summed E-state index contributed by atoms with van der Waals surface area (Å²) in [6.07, 6.45) is 2.23. The monoisotopic (exact) mass is 225 g/mol. The summed E-state index contributed by atoms with van der Waals surface area (Å²) in [5.74, 6) is 0. The van der Waals surface area contributed by atoms with Gasteiger partial charge in [-0.25, -0.2) is 4.58 Å². The molecule has 0 radical (unpaired) electrons. The third-order valence-electron chi connectivity index (χ3n) is 2.56. The second-order valence-corrected chi connectivity index (χ2v) is 3.63. The van der Waals surface area contributed by atoms with Crippen molar-refractivity contribution < 1.29 is 21.7 Å². The van der Waals surface area contributed by atoms with Gasteiger partial charge in [-0.05, 0) is 18.6 Å². The molecule has 0 unspecified atom stereocenters. The van der Waals surface area contributed by atoms with E-state index < -0.39 is 0 Å². The van der Waals surface area contributed by atoms with Crippen LogP contribution < -0.4 is 12.4 Å². The Hall–Kier alpha value is -0.860. The lowest BCUT2D eigenvalue weighted by Crippen LogP contribution is -3.00. The Morgan fingerprint density at radius 3 is 2.53 bits per heavy atom. The van der Waals surface area contributed by atoms with Crippen molar-refractivity contribution in [2.45, 2.75) is 6.92 Å². The van der Waals surface area contributed by atoms with Crippen LogP contribution in [0.1, 0.15) is 11.1 Å². The fourth-order valence-electron chi connectivity index (χ4n) is 1.63. The molecule has 1 aromatic carbocycles. The zero-order chi connectivity index (χ0) is 9.80. The molecule has 1 saturated heterocycles. The summed E-state index contributed by atoms with van der Waals surface area (Å²) in [6, 6.07) is 8.46. The summed E-state index contributed by atoms with van der Waals surface area (Å²) < 4.78 is 7.63. The van der Waals surface area contributed by atoms with Gasteiger partial charge in [-0.15, -0.1) is 0 Å². The second kappa shape index (κ2) is 5.89. The van der Waals surface area contributed by atoms with Crippen LogP contribution in [0.15, 0.2) is 24.3 Å². The first-order valence-corrected chi connectivity index (χ1v) is 5.08. The maximum atomic E-state index is 5.31. The van der Waals surface area contributed by atoms with Crippen molar-refractivity contribution >= 4 is 6.21 Å². The van der Waals surface area contributed by atoms with Crippen LogP contribution in [0.5, 0.6) is 0 Å². The Kier molecular flexibility index (Phi) is 4.79. The lowest BCUT2D eigenvalue weighted by Gasteiger charge is -2.10. The van der Waals surface area contributed by atoms with Gasteiger partial charge in [-0.2, -0.15) is 0 Å². The third-order valence-corrected chi connectivity index (χ3v) is 2.56. The Bertz CT molecular complexity index is 341. The average Bonchev–Trinajstić information content (AvgIpc) is 2.23. The third kappa shape index (κ3) is 3.33. The standard InChI is InChI=1S/C12H16NO.ClH/c1-11-4-2-3-5-12(11)10-13-6-8-14-9-7-13;/h2-5,10H,6-9H2,1H3;1H/q+1;/p-1. The molecule has 82 valence electrons. The first-order valence-electron chi connectivity index (χ1n) is 5.08. The van der Waals surface area contributed by atoms with Gasteiger partial charge in [0.15, 0.2) is 19.3 Å². The van der Waals surface area contributed by atoms with Gasteiger partial charge in [0.1, 0.15) is 13.2 Å². The summed E-state index contributed by atoms with van der Waals surface area (Å²) in [7, 11) is 0. The molecule has 15 heavy (non-hydrogen) atoms. The minimum absolute atomic E-state index is 0. The first kappa shape index (κ1) is 12.2. The number of morpholine rings is 1. The van der Waals surface area contributed by atoms with Crippen LogP contribution in [0.3, 0.4) is 0 Å². The normalized spacial score (nSPS) is 15.7. The Balaban J connectivity index is 0.00000112. The number of hydrogen-bond donors (Lipinski definition) is 0. The molecule has 1 heterocycles. The highest BCUT2D eigenvalue weighted by atomic mass is 35.5. The van der Waals surface area contributed by atoms with Crippen molar-refractivity contribution in [2.24, 2.45) is 0 Å². The van der Waals surface area contributed by atoms with E-state index in [1.54, 1.807) is 0 Å². The SMILES string of the molecule is Cc1ccccc1C=[N+]1CCOCC1.[Cl-]. The van der Waals surface area contributed by atoms with Gasteiger partial charge in [0.25, 0.3) is 0 Å². The van der Waals surface area contributed by atoms with Crippen molar-refractivity contribution in [3.63, 3.8) is 0 Å². The van der Waals surface area contributed by atoms with E-state index >= 15 is 0 Å². The van der Waals surface area contributed by atoms with Crippen LogP contribution in [0.4, 0.5) is 0 Å². The largest absolute Gasteiger partial charge is 1.00 e. The molecule has 0 N–H and O–H groups in total. The molecule has 0 aliphatic carbocycles. The molecule has 0 amide bonds. The maximum absolute atomic E-state index is 5.31. The van der Waals surface area contributed by atoms with Crippen LogP contribution in [0.2, 0.25) is 0 Å². The van der Waals surface area contributed by atoms with Gasteiger partial charge in [0, 0.05) is 5.56 Å². The van der Waals surface area contributed by atoms with Crippen LogP contribution in [-0.4, -0.2) is 37.1 Å². The van der Waals surface area contributed by atoms with E-state index in [1.807, 2.05) is 0 Å². The summed E-state index contributed by atoms with van der Waals surface area (Å²) in [5, 5.41) is 0. The lowest BCUT2D eigenvalue weighted by atomic mass is 10.1. The van der Waals surface area contributed by atoms with Crippen molar-refractivity contribution in [1.29, 1.82) is 0 Å². The molecule has 3 heteroatoms. The van der Waals surface area contributed by atoms with Gasteiger partial charge in [-0.1, -0.05) is 18.2 Å². The number of ether oxygens (including phenoxy) is 1. The van der Waals surface area contributed by atoms with Gasteiger partial charge in [0.05, 0.1) is 0 Å². The first-order chi connectivity index (χ1) is 6.86. The van der Waals surface area contributed by atoms with Crippen LogP contribution in [0, 0.1) is 6.92 Å². The van der Waals surface area contributed by atoms with Crippen LogP contribution >= 0.6 is 0 Å². The number of rotatable bonds is 1. The molecular weight excluding hydrogens is 210 g/mol. The minimum Gasteiger partial charge on any atom is -1.00 e. The van der Waals surface area contributed by atoms with E-state index in [4.69, 9.17) is 4.74 Å². The fraction of sp³-hybridized carbons (Fsp3) is 0.417. The van der Waals surface area contributed by atoms with Gasteiger partial charge >= 0.3 is 0 Å². The van der Waals surface area contributed by atoms with E-state index in [9.17, 15) is 0 Å². The predicted octanol–water partition coefficient (Wildman–Crippen LogP) is -1.54. The summed E-state index contributed by atoms with van der Waals surface area (Å²) in [5.41, 5.74) is 2.65. The number of halogens is 1. The van der Waals surface area contributed by atoms with Gasteiger partial charge in [0.2, 0.25) is 0 Å². The number of benzene rings is 1. The van der Waals surface area contributed by atoms with Crippen molar-refractivity contribution in [3.05, 3.63) is 35.4 Å². The smallest absolute Gasteiger partial charge is 0.171 e. The molecule has 1 aromatic rings. The maximum Gasteiger partial charge on any atom is 0.171 e. The molecule has 2 rings (SSSR count). The molecule has 1 fully saturated rings. The van der Waals surface area contributed by atoms with E-state index in [-0.39, 0.29) is 12.4 Å². The number of aryl methyl sites for hydroxylation is 1. The molecule has 0 saturated carbocycles. The van der Waals surface area contributed by atoms with E-state index in [2.05, 4.69) is 42.0 Å². The fourth-order valence-corrected chi connectivity index (χ4v) is 1.63. The van der Waals surface area contributed by atoms with Gasteiger partial charge in [-0.3, -0.25) is 0 Å². The van der Waals surface area contributed by atoms with E-state index in [1.165, 1.54) is 11.1 Å². The molecule has 0 aromatic heterocycles. The summed E-state index contributed by atoms with van der Waals surface area (Å²) in [6.45, 7) is 5.86. The minimum atomic E-state index is 0. The van der Waals surface area contributed by atoms with Crippen molar-refractivity contribution in [3.8, 4) is 0 Å². The molecule has 0 spiro atoms. The van der Waals surface area contributed by atoms with Crippen LogP contribution in [0.25, 0.3) is 0 Å². The van der Waals surface area contributed by atoms with Gasteiger partial charge < -0.3 is 17.1 Å². The highest BCUT2D eigenvalue weighted by Crippen LogP contribution is 2.04. The molecule has 0 atom stereocenters. The topological polar surface area (TPSA) is 12.2 Å². The van der Waals surface area contributed by atoms with Crippen molar-refractivity contribution in [2.75, 3.05) is 26.3 Å². The summed E-state index contributed by atoms with van der Waals surface area (Å²) in [4.78, 5) is 0. The Morgan fingerprint density at radius 2 is 1.87 bits per heavy atom. The lowest BCUT2D eigenvalue weighted by molar-refractivity contribution is -0.544. The zero-order valence-electron chi connectivity index (χ0n) is 8.95. The predicted molar refractivity (Wildman–Crippen MR) is 57.2 cm³/mol. The molecule has 2 nitrogen and oxygen atoms in total. The van der Waals surface area contributed by atoms with E-state index in [0.29, 0.717) is 0 Å².